The Kier molecular flexibility index (Phi) is 6.27. The molecule has 0 atom stereocenters. The Morgan fingerprint density at radius 1 is 1.22 bits per heavy atom. The van der Waals surface area contributed by atoms with E-state index in [0.29, 0.717) is 0 Å². The number of ether oxygens (including phenoxy) is 1. The summed E-state index contributed by atoms with van der Waals surface area (Å²) in [6.07, 6.45) is 3.94. The van der Waals surface area contributed by atoms with Crippen molar-refractivity contribution in [3.63, 3.8) is 0 Å². The number of aromatic nitrogens is 2. The van der Waals surface area contributed by atoms with Crippen molar-refractivity contribution in [2.75, 3.05) is 7.05 Å². The molecular weight excluding hydrogens is 360 g/mol. The molecular formula is C18H19F2N3O4. The van der Waals surface area contributed by atoms with E-state index in [4.69, 9.17) is 0 Å². The summed E-state index contributed by atoms with van der Waals surface area (Å²) in [5, 5.41) is 0. The summed E-state index contributed by atoms with van der Waals surface area (Å²) in [6.45, 7) is -2.65. The summed E-state index contributed by atoms with van der Waals surface area (Å²) in [6, 6.07) is 5.94. The van der Waals surface area contributed by atoms with E-state index in [0.717, 1.165) is 10.1 Å². The second-order valence-electron chi connectivity index (χ2n) is 5.89. The van der Waals surface area contributed by atoms with Gasteiger partial charge in [0.1, 0.15) is 5.75 Å². The number of halogens is 2. The fourth-order valence-electron chi connectivity index (χ4n) is 2.37. The second kappa shape index (κ2) is 8.43. The topological polar surface area (TPSA) is 73.5 Å². The van der Waals surface area contributed by atoms with Crippen LogP contribution in [0.15, 0.2) is 46.1 Å². The van der Waals surface area contributed by atoms with Crippen molar-refractivity contribution in [1.82, 2.24) is 14.0 Å². The zero-order chi connectivity index (χ0) is 20.1. The number of likely N-dealkylation sites (N-methyl/N-ethyl adjacent to an activating group) is 1. The second-order valence-corrected chi connectivity index (χ2v) is 5.89. The van der Waals surface area contributed by atoms with Crippen molar-refractivity contribution in [1.29, 1.82) is 0 Å². The largest absolute Gasteiger partial charge is 0.435 e. The van der Waals surface area contributed by atoms with Crippen LogP contribution in [0.4, 0.5) is 8.78 Å². The van der Waals surface area contributed by atoms with Gasteiger partial charge in [-0.2, -0.15) is 8.78 Å². The van der Waals surface area contributed by atoms with Crippen molar-refractivity contribution in [2.45, 2.75) is 13.2 Å². The van der Waals surface area contributed by atoms with Crippen molar-refractivity contribution >= 4 is 12.0 Å². The molecule has 0 aliphatic heterocycles. The maximum atomic E-state index is 12.2. The molecule has 27 heavy (non-hydrogen) atoms. The number of aryl methyl sites for hydroxylation is 1. The highest BCUT2D eigenvalue weighted by Gasteiger charge is 2.09. The standard InChI is InChI=1S/C18H19F2N3O4/c1-21(10-12-4-7-14(8-5-12)27-17(19)20)15(24)9-6-13-11-22(2)18(26)23(3)16(13)25/h4-9,11,17H,10H2,1-3H3/b9-6+. The fourth-order valence-corrected chi connectivity index (χ4v) is 2.37. The van der Waals surface area contributed by atoms with Gasteiger partial charge < -0.3 is 14.2 Å². The fraction of sp³-hybridized carbons (Fsp3) is 0.278. The van der Waals surface area contributed by atoms with Crippen LogP contribution in [0.2, 0.25) is 0 Å². The van der Waals surface area contributed by atoms with Gasteiger partial charge in [0.25, 0.3) is 5.56 Å². The van der Waals surface area contributed by atoms with Crippen LogP contribution in [0, 0.1) is 0 Å². The summed E-state index contributed by atoms with van der Waals surface area (Å²) in [7, 11) is 4.43. The molecule has 0 unspecified atom stereocenters. The van der Waals surface area contributed by atoms with Crippen molar-refractivity contribution in [3.8, 4) is 5.75 Å². The molecule has 1 aromatic heterocycles. The number of nitrogens with zero attached hydrogens (tertiary/aromatic N) is 3. The Morgan fingerprint density at radius 3 is 2.44 bits per heavy atom. The minimum atomic E-state index is -2.89. The van der Waals surface area contributed by atoms with E-state index in [1.807, 2.05) is 0 Å². The molecule has 0 N–H and O–H groups in total. The Balaban J connectivity index is 2.07. The minimum absolute atomic E-state index is 0.0353. The highest BCUT2D eigenvalue weighted by Crippen LogP contribution is 2.15. The molecule has 0 radical (unpaired) electrons. The van der Waals surface area contributed by atoms with E-state index in [-0.39, 0.29) is 23.8 Å². The first-order valence-corrected chi connectivity index (χ1v) is 7.92. The average Bonchev–Trinajstić information content (AvgIpc) is 2.62. The first-order chi connectivity index (χ1) is 12.7. The van der Waals surface area contributed by atoms with Crippen LogP contribution in [0.1, 0.15) is 11.1 Å². The van der Waals surface area contributed by atoms with Crippen LogP contribution >= 0.6 is 0 Å². The van der Waals surface area contributed by atoms with Gasteiger partial charge in [0.15, 0.2) is 0 Å². The summed E-state index contributed by atoms with van der Waals surface area (Å²) in [5.41, 5.74) is -0.0342. The predicted octanol–water partition coefficient (Wildman–Crippen LogP) is 1.36. The van der Waals surface area contributed by atoms with Gasteiger partial charge in [0.2, 0.25) is 5.91 Å². The molecule has 0 spiro atoms. The molecule has 7 nitrogen and oxygen atoms in total. The van der Waals surface area contributed by atoms with Crippen LogP contribution in [0.25, 0.3) is 6.08 Å². The van der Waals surface area contributed by atoms with Gasteiger partial charge in [-0.05, 0) is 23.8 Å². The monoisotopic (exact) mass is 379 g/mol. The van der Waals surface area contributed by atoms with Crippen molar-refractivity contribution in [2.24, 2.45) is 14.1 Å². The van der Waals surface area contributed by atoms with Crippen molar-refractivity contribution < 1.29 is 18.3 Å². The van der Waals surface area contributed by atoms with Gasteiger partial charge in [0.05, 0.1) is 5.56 Å². The molecule has 2 aromatic rings. The molecule has 0 aliphatic carbocycles. The molecule has 0 saturated heterocycles. The molecule has 144 valence electrons. The summed E-state index contributed by atoms with van der Waals surface area (Å²) < 4.78 is 30.7. The number of amides is 1. The summed E-state index contributed by atoms with van der Waals surface area (Å²) >= 11 is 0. The van der Waals surface area contributed by atoms with Crippen LogP contribution in [-0.4, -0.2) is 33.6 Å². The van der Waals surface area contributed by atoms with E-state index in [9.17, 15) is 23.2 Å². The molecule has 0 saturated carbocycles. The third-order valence-electron chi connectivity index (χ3n) is 3.82. The zero-order valence-corrected chi connectivity index (χ0v) is 15.1. The lowest BCUT2D eigenvalue weighted by Gasteiger charge is -2.15. The third kappa shape index (κ3) is 5.13. The van der Waals surface area contributed by atoms with E-state index >= 15 is 0 Å². The highest BCUT2D eigenvalue weighted by atomic mass is 19.3. The first-order valence-electron chi connectivity index (χ1n) is 7.92. The minimum Gasteiger partial charge on any atom is -0.435 e. The van der Waals surface area contributed by atoms with Crippen LogP contribution < -0.4 is 16.0 Å². The van der Waals surface area contributed by atoms with Gasteiger partial charge >= 0.3 is 12.3 Å². The maximum Gasteiger partial charge on any atom is 0.387 e. The van der Waals surface area contributed by atoms with Gasteiger partial charge in [-0.3, -0.25) is 14.2 Å². The summed E-state index contributed by atoms with van der Waals surface area (Å²) in [4.78, 5) is 37.3. The Bertz CT molecular complexity index is 962. The van der Waals surface area contributed by atoms with Crippen molar-refractivity contribution in [3.05, 3.63) is 68.5 Å². The number of carbonyl (C=O) groups is 1. The van der Waals surface area contributed by atoms with Gasteiger partial charge in [-0.25, -0.2) is 4.79 Å². The zero-order valence-electron chi connectivity index (χ0n) is 15.1. The van der Waals surface area contributed by atoms with E-state index < -0.39 is 17.9 Å². The lowest BCUT2D eigenvalue weighted by molar-refractivity contribution is -0.125. The normalized spacial score (nSPS) is 11.2. The molecule has 9 heteroatoms. The molecule has 1 heterocycles. The Morgan fingerprint density at radius 2 is 1.85 bits per heavy atom. The lowest BCUT2D eigenvalue weighted by Crippen LogP contribution is -2.37. The number of benzene rings is 1. The van der Waals surface area contributed by atoms with Crippen LogP contribution in [0.5, 0.6) is 5.75 Å². The predicted molar refractivity (Wildman–Crippen MR) is 95.5 cm³/mol. The lowest BCUT2D eigenvalue weighted by atomic mass is 10.2. The molecule has 1 amide bonds. The van der Waals surface area contributed by atoms with Gasteiger partial charge in [-0.15, -0.1) is 0 Å². The number of hydrogen-bond donors (Lipinski definition) is 0. The molecule has 1 aromatic carbocycles. The molecule has 2 rings (SSSR count). The Hall–Kier alpha value is -3.23. The number of carbonyl (C=O) groups excluding carboxylic acids is 1. The van der Waals surface area contributed by atoms with Crippen LogP contribution in [-0.2, 0) is 25.4 Å². The molecule has 0 fully saturated rings. The number of rotatable bonds is 6. The SMILES string of the molecule is CN(Cc1ccc(OC(F)F)cc1)C(=O)/C=C/c1cn(C)c(=O)n(C)c1=O. The highest BCUT2D eigenvalue weighted by molar-refractivity contribution is 5.91. The van der Waals surface area contributed by atoms with Gasteiger partial charge in [0, 0.05) is 40.0 Å². The Labute approximate surface area is 153 Å². The maximum absolute atomic E-state index is 12.2. The van der Waals surface area contributed by atoms with E-state index in [1.165, 1.54) is 54.0 Å². The molecule has 0 bridgehead atoms. The number of hydrogen-bond acceptors (Lipinski definition) is 4. The van der Waals surface area contributed by atoms with E-state index in [1.54, 1.807) is 19.2 Å². The number of alkyl halides is 2. The first kappa shape index (κ1) is 20.1. The van der Waals surface area contributed by atoms with Crippen LogP contribution in [0.3, 0.4) is 0 Å². The van der Waals surface area contributed by atoms with E-state index in [2.05, 4.69) is 4.74 Å². The smallest absolute Gasteiger partial charge is 0.387 e. The quantitative estimate of drug-likeness (QED) is 0.711. The summed E-state index contributed by atoms with van der Waals surface area (Å²) in [5.74, 6) is -0.327. The third-order valence-corrected chi connectivity index (χ3v) is 3.82. The average molecular weight is 379 g/mol. The van der Waals surface area contributed by atoms with Gasteiger partial charge in [-0.1, -0.05) is 12.1 Å². The molecule has 0 aliphatic rings.